The van der Waals surface area contributed by atoms with Gasteiger partial charge < -0.3 is 14.5 Å². The number of rotatable bonds is 10. The van der Waals surface area contributed by atoms with Gasteiger partial charge in [-0.25, -0.2) is 8.42 Å². The lowest BCUT2D eigenvalue weighted by Gasteiger charge is -2.28. The number of morpholine rings is 1. The molecule has 1 aromatic carbocycles. The number of carbonyl (C=O) groups is 1. The molecular weight excluding hydrogens is 390 g/mol. The molecule has 0 saturated carbocycles. The van der Waals surface area contributed by atoms with Gasteiger partial charge in [0.05, 0.1) is 18.1 Å². The van der Waals surface area contributed by atoms with E-state index < -0.39 is 10.0 Å². The Kier molecular flexibility index (Phi) is 9.07. The van der Waals surface area contributed by atoms with Gasteiger partial charge in [0.2, 0.25) is 10.0 Å². The van der Waals surface area contributed by atoms with E-state index >= 15 is 0 Å². The fourth-order valence-corrected chi connectivity index (χ4v) is 4.81. The van der Waals surface area contributed by atoms with Gasteiger partial charge in [-0.3, -0.25) is 4.79 Å². The molecule has 0 bridgehead atoms. The van der Waals surface area contributed by atoms with Crippen molar-refractivity contribution in [1.29, 1.82) is 0 Å². The van der Waals surface area contributed by atoms with Crippen molar-refractivity contribution in [2.45, 2.75) is 32.6 Å². The molecule has 7 nitrogen and oxygen atoms in total. The van der Waals surface area contributed by atoms with Crippen molar-refractivity contribution in [2.24, 2.45) is 5.92 Å². The Balaban J connectivity index is 2.13. The van der Waals surface area contributed by atoms with Crippen LogP contribution < -0.4 is 0 Å². The van der Waals surface area contributed by atoms with Crippen molar-refractivity contribution < 1.29 is 17.9 Å². The molecule has 0 N–H and O–H groups in total. The lowest BCUT2D eigenvalue weighted by Crippen LogP contribution is -2.41. The number of ether oxygens (including phenoxy) is 1. The average molecular weight is 426 g/mol. The third-order valence-corrected chi connectivity index (χ3v) is 7.08. The van der Waals surface area contributed by atoms with Gasteiger partial charge in [-0.15, -0.1) is 0 Å². The monoisotopic (exact) mass is 425 g/mol. The molecule has 0 radical (unpaired) electrons. The summed E-state index contributed by atoms with van der Waals surface area (Å²) in [6.07, 6.45) is 0. The molecule has 1 aliphatic rings. The standard InChI is InChI=1S/C21H35N3O4S/c1-5-22(6-2)11-12-23(17-18(3)4)21(25)19-7-9-20(10-8-19)29(26,27)24-13-15-28-16-14-24/h7-10,18H,5-6,11-17H2,1-4H3. The lowest BCUT2D eigenvalue weighted by atomic mass is 10.1. The number of carbonyl (C=O) groups excluding carboxylic acids is 1. The van der Waals surface area contributed by atoms with E-state index in [-0.39, 0.29) is 10.8 Å². The highest BCUT2D eigenvalue weighted by Crippen LogP contribution is 2.18. The fraction of sp³-hybridized carbons (Fsp3) is 0.667. The van der Waals surface area contributed by atoms with Crippen LogP contribution in [0.4, 0.5) is 0 Å². The molecule has 1 heterocycles. The van der Waals surface area contributed by atoms with Crippen LogP contribution in [0.3, 0.4) is 0 Å². The highest BCUT2D eigenvalue weighted by Gasteiger charge is 2.26. The van der Waals surface area contributed by atoms with Crippen LogP contribution in [0.5, 0.6) is 0 Å². The fourth-order valence-electron chi connectivity index (χ4n) is 3.41. The first kappa shape index (κ1) is 23.8. The molecule has 1 fully saturated rings. The summed E-state index contributed by atoms with van der Waals surface area (Å²) in [6, 6.07) is 6.33. The first-order valence-electron chi connectivity index (χ1n) is 10.5. The first-order chi connectivity index (χ1) is 13.8. The summed E-state index contributed by atoms with van der Waals surface area (Å²) in [7, 11) is -3.55. The number of nitrogens with zero attached hydrogens (tertiary/aromatic N) is 3. The third-order valence-electron chi connectivity index (χ3n) is 5.16. The van der Waals surface area contributed by atoms with E-state index in [4.69, 9.17) is 4.74 Å². The second kappa shape index (κ2) is 11.1. The van der Waals surface area contributed by atoms with Crippen molar-refractivity contribution >= 4 is 15.9 Å². The van der Waals surface area contributed by atoms with Gasteiger partial charge in [0, 0.05) is 38.3 Å². The van der Waals surface area contributed by atoms with E-state index in [0.29, 0.717) is 50.9 Å². The largest absolute Gasteiger partial charge is 0.379 e. The van der Waals surface area contributed by atoms with Crippen molar-refractivity contribution in [2.75, 3.05) is 59.0 Å². The Bertz CT molecular complexity index is 740. The van der Waals surface area contributed by atoms with E-state index in [0.717, 1.165) is 19.6 Å². The first-order valence-corrected chi connectivity index (χ1v) is 11.9. The SMILES string of the molecule is CCN(CC)CCN(CC(C)C)C(=O)c1ccc(S(=O)(=O)N2CCOCC2)cc1. The van der Waals surface area contributed by atoms with Gasteiger partial charge in [-0.2, -0.15) is 4.31 Å². The quantitative estimate of drug-likeness (QED) is 0.574. The van der Waals surface area contributed by atoms with Gasteiger partial charge in [-0.1, -0.05) is 27.7 Å². The Labute approximate surface area is 175 Å². The molecule has 0 aliphatic carbocycles. The number of benzene rings is 1. The van der Waals surface area contributed by atoms with Crippen molar-refractivity contribution in [3.63, 3.8) is 0 Å². The number of hydrogen-bond acceptors (Lipinski definition) is 5. The Morgan fingerprint density at radius 3 is 2.17 bits per heavy atom. The highest BCUT2D eigenvalue weighted by atomic mass is 32.2. The van der Waals surface area contributed by atoms with Crippen LogP contribution in [0.25, 0.3) is 0 Å². The minimum atomic E-state index is -3.55. The topological polar surface area (TPSA) is 70.2 Å². The van der Waals surface area contributed by atoms with Crippen LogP contribution >= 0.6 is 0 Å². The minimum Gasteiger partial charge on any atom is -0.379 e. The molecule has 0 unspecified atom stereocenters. The molecule has 0 aromatic heterocycles. The second-order valence-corrected chi connectivity index (χ2v) is 9.65. The molecule has 8 heteroatoms. The minimum absolute atomic E-state index is 0.0545. The zero-order chi connectivity index (χ0) is 21.4. The number of sulfonamides is 1. The maximum Gasteiger partial charge on any atom is 0.253 e. The molecule has 1 amide bonds. The van der Waals surface area contributed by atoms with Crippen molar-refractivity contribution in [1.82, 2.24) is 14.1 Å². The van der Waals surface area contributed by atoms with Gasteiger partial charge in [-0.05, 0) is 43.3 Å². The molecule has 1 aliphatic heterocycles. The van der Waals surface area contributed by atoms with E-state index in [9.17, 15) is 13.2 Å². The summed E-state index contributed by atoms with van der Waals surface area (Å²) in [5.74, 6) is 0.304. The summed E-state index contributed by atoms with van der Waals surface area (Å²) in [5, 5.41) is 0. The van der Waals surface area contributed by atoms with Gasteiger partial charge >= 0.3 is 0 Å². The molecular formula is C21H35N3O4S. The summed E-state index contributed by atoms with van der Waals surface area (Å²) >= 11 is 0. The zero-order valence-corrected chi connectivity index (χ0v) is 19.0. The summed E-state index contributed by atoms with van der Waals surface area (Å²) in [4.78, 5) is 17.4. The molecule has 2 rings (SSSR count). The normalized spacial score (nSPS) is 15.8. The van der Waals surface area contributed by atoms with Gasteiger partial charge in [0.15, 0.2) is 0 Å². The molecule has 1 aromatic rings. The molecule has 0 spiro atoms. The Morgan fingerprint density at radius 2 is 1.66 bits per heavy atom. The van der Waals surface area contributed by atoms with Crippen LogP contribution in [-0.4, -0.2) is 87.5 Å². The Morgan fingerprint density at radius 1 is 1.07 bits per heavy atom. The zero-order valence-electron chi connectivity index (χ0n) is 18.1. The molecule has 1 saturated heterocycles. The van der Waals surface area contributed by atoms with Crippen LogP contribution in [0, 0.1) is 5.92 Å². The average Bonchev–Trinajstić information content (AvgIpc) is 2.73. The maximum atomic E-state index is 13.1. The second-order valence-electron chi connectivity index (χ2n) is 7.71. The lowest BCUT2D eigenvalue weighted by molar-refractivity contribution is 0.0716. The van der Waals surface area contributed by atoms with E-state index in [1.165, 1.54) is 16.4 Å². The summed E-state index contributed by atoms with van der Waals surface area (Å²) < 4.78 is 32.2. The van der Waals surface area contributed by atoms with Crippen LogP contribution in [0.15, 0.2) is 29.2 Å². The summed E-state index contributed by atoms with van der Waals surface area (Å²) in [5.41, 5.74) is 0.520. The van der Waals surface area contributed by atoms with Crippen molar-refractivity contribution in [3.8, 4) is 0 Å². The maximum absolute atomic E-state index is 13.1. The van der Waals surface area contributed by atoms with Crippen LogP contribution in [-0.2, 0) is 14.8 Å². The van der Waals surface area contributed by atoms with Crippen LogP contribution in [0.2, 0.25) is 0 Å². The molecule has 29 heavy (non-hydrogen) atoms. The van der Waals surface area contributed by atoms with E-state index in [1.54, 1.807) is 12.1 Å². The van der Waals surface area contributed by atoms with E-state index in [1.807, 2.05) is 4.90 Å². The predicted octanol–water partition coefficient (Wildman–Crippen LogP) is 2.15. The van der Waals surface area contributed by atoms with Gasteiger partial charge in [0.25, 0.3) is 5.91 Å². The third kappa shape index (κ3) is 6.50. The van der Waals surface area contributed by atoms with E-state index in [2.05, 4.69) is 32.6 Å². The molecule has 164 valence electrons. The number of amides is 1. The molecule has 0 atom stereocenters. The Hall–Kier alpha value is -1.48. The predicted molar refractivity (Wildman–Crippen MR) is 115 cm³/mol. The highest BCUT2D eigenvalue weighted by molar-refractivity contribution is 7.89. The number of likely N-dealkylation sites (N-methyl/N-ethyl adjacent to an activating group) is 1. The van der Waals surface area contributed by atoms with Gasteiger partial charge in [0.1, 0.15) is 0 Å². The smallest absolute Gasteiger partial charge is 0.253 e. The number of hydrogen-bond donors (Lipinski definition) is 0. The van der Waals surface area contributed by atoms with Crippen LogP contribution in [0.1, 0.15) is 38.1 Å². The summed E-state index contributed by atoms with van der Waals surface area (Å²) in [6.45, 7) is 14.0. The van der Waals surface area contributed by atoms with Crippen molar-refractivity contribution in [3.05, 3.63) is 29.8 Å².